The summed E-state index contributed by atoms with van der Waals surface area (Å²) in [6, 6.07) is 1.76. The molecule has 18 heavy (non-hydrogen) atoms. The number of nitrogens with zero attached hydrogens (tertiary/aromatic N) is 2. The first kappa shape index (κ1) is 14.7. The number of rotatable bonds is 8. The van der Waals surface area contributed by atoms with Gasteiger partial charge >= 0.3 is 0 Å². The number of anilines is 2. The van der Waals surface area contributed by atoms with Gasteiger partial charge < -0.3 is 15.5 Å². The third-order valence-corrected chi connectivity index (χ3v) is 2.38. The zero-order valence-electron chi connectivity index (χ0n) is 11.4. The van der Waals surface area contributed by atoms with Crippen LogP contribution in [0.15, 0.2) is 6.07 Å². The minimum absolute atomic E-state index is 0.603. The lowest BCUT2D eigenvalue weighted by Crippen LogP contribution is -2.14. The van der Waals surface area contributed by atoms with Crippen LogP contribution in [0.5, 0.6) is 0 Å². The first-order valence-corrected chi connectivity index (χ1v) is 6.25. The van der Waals surface area contributed by atoms with E-state index in [0.717, 1.165) is 25.4 Å². The van der Waals surface area contributed by atoms with Crippen molar-refractivity contribution >= 4 is 11.6 Å². The van der Waals surface area contributed by atoms with Crippen LogP contribution in [0.25, 0.3) is 0 Å². The van der Waals surface area contributed by atoms with Crippen molar-refractivity contribution in [1.82, 2.24) is 9.97 Å². The number of aryl methyl sites for hydroxylation is 1. The van der Waals surface area contributed by atoms with Crippen molar-refractivity contribution in [3.8, 4) is 0 Å². The van der Waals surface area contributed by atoms with Gasteiger partial charge in [0, 0.05) is 19.2 Å². The molecule has 4 N–H and O–H groups in total. The van der Waals surface area contributed by atoms with Gasteiger partial charge in [-0.05, 0) is 19.3 Å². The fourth-order valence-electron chi connectivity index (χ4n) is 1.40. The van der Waals surface area contributed by atoms with Crippen LogP contribution in [0, 0.1) is 12.8 Å². The molecule has 1 aromatic rings. The number of hydrogen-bond donors (Lipinski definition) is 3. The minimum atomic E-state index is 0.603. The Morgan fingerprint density at radius 1 is 1.28 bits per heavy atom. The summed E-state index contributed by atoms with van der Waals surface area (Å²) in [6.45, 7) is 8.39. The van der Waals surface area contributed by atoms with Gasteiger partial charge in [0.25, 0.3) is 0 Å². The number of aromatic nitrogens is 2. The number of nitrogens with one attached hydrogen (secondary N) is 2. The average molecular weight is 253 g/mol. The molecule has 6 nitrogen and oxygen atoms in total. The van der Waals surface area contributed by atoms with Gasteiger partial charge in [-0.25, -0.2) is 15.8 Å². The van der Waals surface area contributed by atoms with Crippen LogP contribution in [-0.4, -0.2) is 29.7 Å². The zero-order chi connectivity index (χ0) is 13.4. The van der Waals surface area contributed by atoms with E-state index >= 15 is 0 Å². The summed E-state index contributed by atoms with van der Waals surface area (Å²) < 4.78 is 5.51. The Morgan fingerprint density at radius 2 is 2.00 bits per heavy atom. The summed E-state index contributed by atoms with van der Waals surface area (Å²) in [4.78, 5) is 8.37. The Morgan fingerprint density at radius 3 is 2.67 bits per heavy atom. The van der Waals surface area contributed by atoms with Crippen LogP contribution < -0.4 is 16.6 Å². The predicted octanol–water partition coefficient (Wildman–Crippen LogP) is 1.55. The molecule has 1 aromatic heterocycles. The Labute approximate surface area is 108 Å². The predicted molar refractivity (Wildman–Crippen MR) is 73.3 cm³/mol. The highest BCUT2D eigenvalue weighted by Gasteiger charge is 2.00. The summed E-state index contributed by atoms with van der Waals surface area (Å²) in [5.74, 6) is 8.03. The van der Waals surface area contributed by atoms with Crippen molar-refractivity contribution in [1.29, 1.82) is 0 Å². The van der Waals surface area contributed by atoms with Crippen LogP contribution in [0.2, 0.25) is 0 Å². The second-order valence-corrected chi connectivity index (χ2v) is 4.55. The minimum Gasteiger partial charge on any atom is -0.380 e. The maximum atomic E-state index is 5.51. The van der Waals surface area contributed by atoms with Gasteiger partial charge in [-0.1, -0.05) is 13.8 Å². The molecular formula is C12H23N5O. The van der Waals surface area contributed by atoms with Crippen molar-refractivity contribution in [2.45, 2.75) is 27.2 Å². The molecule has 0 saturated carbocycles. The van der Waals surface area contributed by atoms with Crippen LogP contribution in [-0.2, 0) is 4.74 Å². The molecule has 0 radical (unpaired) electrons. The first-order valence-electron chi connectivity index (χ1n) is 6.25. The van der Waals surface area contributed by atoms with Gasteiger partial charge in [0.05, 0.1) is 6.61 Å². The van der Waals surface area contributed by atoms with Gasteiger partial charge in [-0.2, -0.15) is 0 Å². The quantitative estimate of drug-likeness (QED) is 0.370. The normalized spacial score (nSPS) is 10.7. The zero-order valence-corrected chi connectivity index (χ0v) is 11.4. The van der Waals surface area contributed by atoms with Crippen LogP contribution in [0.1, 0.15) is 26.1 Å². The van der Waals surface area contributed by atoms with Crippen molar-refractivity contribution in [2.24, 2.45) is 11.8 Å². The number of nitrogen functional groups attached to an aromatic ring is 1. The molecular weight excluding hydrogens is 230 g/mol. The Hall–Kier alpha value is -1.40. The van der Waals surface area contributed by atoms with Crippen LogP contribution >= 0.6 is 0 Å². The number of nitrogens with two attached hydrogens (primary N) is 1. The smallest absolute Gasteiger partial charge is 0.145 e. The molecule has 0 spiro atoms. The molecule has 102 valence electrons. The van der Waals surface area contributed by atoms with E-state index in [0.29, 0.717) is 24.2 Å². The molecule has 1 heterocycles. The highest BCUT2D eigenvalue weighted by atomic mass is 16.5. The maximum absolute atomic E-state index is 5.51. The van der Waals surface area contributed by atoms with Crippen LogP contribution in [0.3, 0.4) is 0 Å². The molecule has 0 aliphatic heterocycles. The van der Waals surface area contributed by atoms with E-state index in [9.17, 15) is 0 Å². The first-order chi connectivity index (χ1) is 8.61. The van der Waals surface area contributed by atoms with E-state index in [-0.39, 0.29) is 0 Å². The third kappa shape index (κ3) is 5.79. The molecule has 0 fully saturated rings. The van der Waals surface area contributed by atoms with Gasteiger partial charge in [0.2, 0.25) is 0 Å². The number of hydrogen-bond acceptors (Lipinski definition) is 6. The summed E-state index contributed by atoms with van der Waals surface area (Å²) >= 11 is 0. The summed E-state index contributed by atoms with van der Waals surface area (Å²) in [6.07, 6.45) is 1.09. The van der Waals surface area contributed by atoms with Crippen LogP contribution in [0.4, 0.5) is 11.6 Å². The third-order valence-electron chi connectivity index (χ3n) is 2.38. The Balaban J connectivity index is 2.24. The fraction of sp³-hybridized carbons (Fsp3) is 0.667. The van der Waals surface area contributed by atoms with Crippen molar-refractivity contribution < 1.29 is 4.74 Å². The number of ether oxygens (including phenoxy) is 1. The summed E-state index contributed by atoms with van der Waals surface area (Å²) in [5, 5.41) is 3.18. The molecule has 0 unspecified atom stereocenters. The van der Waals surface area contributed by atoms with E-state index in [2.05, 4.69) is 34.6 Å². The molecule has 0 aliphatic rings. The Bertz CT molecular complexity index is 356. The van der Waals surface area contributed by atoms with E-state index in [4.69, 9.17) is 10.6 Å². The molecule has 0 saturated heterocycles. The van der Waals surface area contributed by atoms with E-state index < -0.39 is 0 Å². The highest BCUT2D eigenvalue weighted by Crippen LogP contribution is 2.09. The van der Waals surface area contributed by atoms with E-state index in [1.807, 2.05) is 6.92 Å². The lowest BCUT2D eigenvalue weighted by atomic mass is 10.1. The lowest BCUT2D eigenvalue weighted by Gasteiger charge is -2.09. The molecule has 1 rings (SSSR count). The van der Waals surface area contributed by atoms with Crippen molar-refractivity contribution in [3.63, 3.8) is 0 Å². The van der Waals surface area contributed by atoms with E-state index in [1.54, 1.807) is 6.07 Å². The molecule has 6 heteroatoms. The van der Waals surface area contributed by atoms with E-state index in [1.165, 1.54) is 0 Å². The summed E-state index contributed by atoms with van der Waals surface area (Å²) in [7, 11) is 0. The molecule has 0 aromatic carbocycles. The fourth-order valence-corrected chi connectivity index (χ4v) is 1.40. The standard InChI is InChI=1S/C12H23N5O/c1-9(2)4-6-18-7-5-14-11-8-12(17-13)16-10(3)15-11/h8-9H,4-7,13H2,1-3H3,(H2,14,15,16,17). The van der Waals surface area contributed by atoms with Crippen molar-refractivity contribution in [3.05, 3.63) is 11.9 Å². The maximum Gasteiger partial charge on any atom is 0.145 e. The van der Waals surface area contributed by atoms with Gasteiger partial charge in [0.1, 0.15) is 17.5 Å². The number of hydrazine groups is 1. The molecule has 0 amide bonds. The average Bonchev–Trinajstić information content (AvgIpc) is 2.32. The Kier molecular flexibility index (Phi) is 6.38. The largest absolute Gasteiger partial charge is 0.380 e. The molecule has 0 bridgehead atoms. The van der Waals surface area contributed by atoms with Crippen molar-refractivity contribution in [2.75, 3.05) is 30.5 Å². The highest BCUT2D eigenvalue weighted by molar-refractivity contribution is 5.46. The van der Waals surface area contributed by atoms with Gasteiger partial charge in [-0.15, -0.1) is 0 Å². The SMILES string of the molecule is Cc1nc(NN)cc(NCCOCCC(C)C)n1. The topological polar surface area (TPSA) is 85.1 Å². The second kappa shape index (κ2) is 7.84. The summed E-state index contributed by atoms with van der Waals surface area (Å²) in [5.41, 5.74) is 2.51. The molecule has 0 aliphatic carbocycles. The lowest BCUT2D eigenvalue weighted by molar-refractivity contribution is 0.132. The second-order valence-electron chi connectivity index (χ2n) is 4.55. The van der Waals surface area contributed by atoms with Gasteiger partial charge in [0.15, 0.2) is 0 Å². The molecule has 0 atom stereocenters. The van der Waals surface area contributed by atoms with Gasteiger partial charge in [-0.3, -0.25) is 0 Å². The monoisotopic (exact) mass is 253 g/mol.